The Hall–Kier alpha value is -1.80. The first kappa shape index (κ1) is 16.1. The predicted octanol–water partition coefficient (Wildman–Crippen LogP) is 1.79. The highest BCUT2D eigenvalue weighted by Crippen LogP contribution is 2.20. The molecule has 0 bridgehead atoms. The zero-order valence-electron chi connectivity index (χ0n) is 13.3. The SMILES string of the molecule is CCCc1nnc(NC(=O)CN2CCC[C@@H]2Cn2cccn2)s1. The molecular formula is C15H22N6OS. The van der Waals surface area contributed by atoms with Gasteiger partial charge in [-0.05, 0) is 31.9 Å². The minimum Gasteiger partial charge on any atom is -0.299 e. The second kappa shape index (κ2) is 7.65. The molecule has 23 heavy (non-hydrogen) atoms. The largest absolute Gasteiger partial charge is 0.299 e. The number of carbonyl (C=O) groups is 1. The van der Waals surface area contributed by atoms with Crippen LogP contribution in [0.3, 0.4) is 0 Å². The van der Waals surface area contributed by atoms with Crippen molar-refractivity contribution in [2.24, 2.45) is 0 Å². The smallest absolute Gasteiger partial charge is 0.240 e. The molecule has 1 fully saturated rings. The standard InChI is InChI=1S/C15H22N6OS/c1-2-5-14-18-19-15(23-14)17-13(22)11-20-8-3-6-12(20)10-21-9-4-7-16-21/h4,7,9,12H,2-3,5-6,8,10-11H2,1H3,(H,17,19,22)/t12-/m1/s1. The van der Waals surface area contributed by atoms with Gasteiger partial charge in [-0.25, -0.2) is 0 Å². The van der Waals surface area contributed by atoms with Crippen molar-refractivity contribution in [1.29, 1.82) is 0 Å². The summed E-state index contributed by atoms with van der Waals surface area (Å²) >= 11 is 1.46. The summed E-state index contributed by atoms with van der Waals surface area (Å²) in [5, 5.41) is 16.8. The fourth-order valence-corrected chi connectivity index (χ4v) is 3.75. The lowest BCUT2D eigenvalue weighted by Crippen LogP contribution is -2.39. The number of hydrogen-bond donors (Lipinski definition) is 1. The Balaban J connectivity index is 1.51. The molecule has 7 nitrogen and oxygen atoms in total. The second-order valence-electron chi connectivity index (χ2n) is 5.79. The summed E-state index contributed by atoms with van der Waals surface area (Å²) in [6.45, 7) is 4.29. The van der Waals surface area contributed by atoms with Gasteiger partial charge in [-0.15, -0.1) is 10.2 Å². The molecule has 1 amide bonds. The van der Waals surface area contributed by atoms with Gasteiger partial charge in [0.05, 0.1) is 13.1 Å². The van der Waals surface area contributed by atoms with E-state index < -0.39 is 0 Å². The van der Waals surface area contributed by atoms with E-state index in [0.717, 1.165) is 43.8 Å². The van der Waals surface area contributed by atoms with Crippen molar-refractivity contribution in [1.82, 2.24) is 24.9 Å². The molecule has 1 N–H and O–H groups in total. The fourth-order valence-electron chi connectivity index (χ4n) is 2.90. The van der Waals surface area contributed by atoms with Crippen molar-refractivity contribution in [3.63, 3.8) is 0 Å². The van der Waals surface area contributed by atoms with Crippen LogP contribution >= 0.6 is 11.3 Å². The zero-order chi connectivity index (χ0) is 16.1. The molecule has 0 radical (unpaired) electrons. The van der Waals surface area contributed by atoms with Gasteiger partial charge < -0.3 is 0 Å². The molecule has 0 spiro atoms. The van der Waals surface area contributed by atoms with Gasteiger partial charge >= 0.3 is 0 Å². The molecule has 1 saturated heterocycles. The summed E-state index contributed by atoms with van der Waals surface area (Å²) in [6.07, 6.45) is 7.92. The van der Waals surface area contributed by atoms with Gasteiger partial charge in [0.25, 0.3) is 0 Å². The topological polar surface area (TPSA) is 75.9 Å². The highest BCUT2D eigenvalue weighted by molar-refractivity contribution is 7.15. The van der Waals surface area contributed by atoms with Crippen LogP contribution in [0, 0.1) is 0 Å². The third kappa shape index (κ3) is 4.35. The number of carbonyl (C=O) groups excluding carboxylic acids is 1. The van der Waals surface area contributed by atoms with Gasteiger partial charge in [0.15, 0.2) is 0 Å². The second-order valence-corrected chi connectivity index (χ2v) is 6.86. The van der Waals surface area contributed by atoms with E-state index in [-0.39, 0.29) is 5.91 Å². The van der Waals surface area contributed by atoms with Crippen molar-refractivity contribution in [3.05, 3.63) is 23.5 Å². The monoisotopic (exact) mass is 334 g/mol. The Morgan fingerprint density at radius 2 is 2.39 bits per heavy atom. The van der Waals surface area contributed by atoms with Gasteiger partial charge in [0, 0.05) is 24.9 Å². The van der Waals surface area contributed by atoms with Gasteiger partial charge in [0.1, 0.15) is 5.01 Å². The quantitative estimate of drug-likeness (QED) is 0.835. The molecule has 1 aliphatic rings. The van der Waals surface area contributed by atoms with Crippen LogP contribution in [-0.4, -0.2) is 49.9 Å². The minimum absolute atomic E-state index is 0.0171. The lowest BCUT2D eigenvalue weighted by atomic mass is 10.2. The summed E-state index contributed by atoms with van der Waals surface area (Å²) in [4.78, 5) is 14.5. The number of likely N-dealkylation sites (tertiary alicyclic amines) is 1. The van der Waals surface area contributed by atoms with Crippen LogP contribution in [0.4, 0.5) is 5.13 Å². The maximum Gasteiger partial charge on any atom is 0.240 e. The van der Waals surface area contributed by atoms with Crippen LogP contribution in [0.25, 0.3) is 0 Å². The van der Waals surface area contributed by atoms with Crippen LogP contribution in [0.2, 0.25) is 0 Å². The maximum absolute atomic E-state index is 12.2. The Bertz CT molecular complexity index is 626. The van der Waals surface area contributed by atoms with E-state index in [9.17, 15) is 4.79 Å². The third-order valence-corrected chi connectivity index (χ3v) is 4.88. The highest BCUT2D eigenvalue weighted by atomic mass is 32.1. The number of amides is 1. The first-order chi connectivity index (χ1) is 11.2. The molecular weight excluding hydrogens is 312 g/mol. The average Bonchev–Trinajstić information content (AvgIpc) is 3.25. The predicted molar refractivity (Wildman–Crippen MR) is 89.4 cm³/mol. The Morgan fingerprint density at radius 1 is 1.48 bits per heavy atom. The fraction of sp³-hybridized carbons (Fsp3) is 0.600. The van der Waals surface area contributed by atoms with Crippen molar-refractivity contribution in [2.45, 2.75) is 45.2 Å². The normalized spacial score (nSPS) is 18.4. The molecule has 3 rings (SSSR count). The van der Waals surface area contributed by atoms with Crippen LogP contribution in [0.15, 0.2) is 18.5 Å². The van der Waals surface area contributed by atoms with E-state index in [2.05, 4.69) is 32.4 Å². The molecule has 0 saturated carbocycles. The zero-order valence-corrected chi connectivity index (χ0v) is 14.1. The highest BCUT2D eigenvalue weighted by Gasteiger charge is 2.26. The van der Waals surface area contributed by atoms with E-state index in [1.165, 1.54) is 11.3 Å². The molecule has 1 atom stereocenters. The summed E-state index contributed by atoms with van der Waals surface area (Å²) in [5.41, 5.74) is 0. The van der Waals surface area contributed by atoms with Crippen molar-refractivity contribution >= 4 is 22.4 Å². The summed E-state index contributed by atoms with van der Waals surface area (Å²) in [5.74, 6) is -0.0171. The van der Waals surface area contributed by atoms with Gasteiger partial charge in [-0.2, -0.15) is 5.10 Å². The molecule has 0 aromatic carbocycles. The van der Waals surface area contributed by atoms with Crippen LogP contribution in [0.5, 0.6) is 0 Å². The Morgan fingerprint density at radius 3 is 3.17 bits per heavy atom. The summed E-state index contributed by atoms with van der Waals surface area (Å²) in [6, 6.07) is 2.29. The van der Waals surface area contributed by atoms with E-state index in [0.29, 0.717) is 17.7 Å². The van der Waals surface area contributed by atoms with E-state index in [1.807, 2.05) is 16.9 Å². The van der Waals surface area contributed by atoms with Gasteiger partial charge in [-0.3, -0.25) is 19.7 Å². The van der Waals surface area contributed by atoms with Crippen LogP contribution in [-0.2, 0) is 17.8 Å². The first-order valence-corrected chi connectivity index (χ1v) is 8.90. The molecule has 0 aliphatic carbocycles. The molecule has 3 heterocycles. The number of hydrogen-bond acceptors (Lipinski definition) is 6. The lowest BCUT2D eigenvalue weighted by molar-refractivity contribution is -0.117. The van der Waals surface area contributed by atoms with E-state index >= 15 is 0 Å². The van der Waals surface area contributed by atoms with Crippen molar-refractivity contribution in [2.75, 3.05) is 18.4 Å². The van der Waals surface area contributed by atoms with Gasteiger partial charge in [-0.1, -0.05) is 18.3 Å². The maximum atomic E-state index is 12.2. The Labute approximate surface area is 139 Å². The number of nitrogens with one attached hydrogen (secondary N) is 1. The molecule has 124 valence electrons. The van der Waals surface area contributed by atoms with Crippen LogP contribution in [0.1, 0.15) is 31.2 Å². The number of aryl methyl sites for hydroxylation is 1. The minimum atomic E-state index is -0.0171. The molecule has 0 unspecified atom stereocenters. The molecule has 2 aromatic rings. The first-order valence-electron chi connectivity index (χ1n) is 8.08. The van der Waals surface area contributed by atoms with Crippen LogP contribution < -0.4 is 5.32 Å². The Kier molecular flexibility index (Phi) is 5.35. The number of nitrogens with zero attached hydrogens (tertiary/aromatic N) is 5. The number of rotatable bonds is 7. The summed E-state index contributed by atoms with van der Waals surface area (Å²) in [7, 11) is 0. The van der Waals surface area contributed by atoms with Gasteiger partial charge in [0.2, 0.25) is 11.0 Å². The molecule has 2 aromatic heterocycles. The number of aromatic nitrogens is 4. The third-order valence-electron chi connectivity index (χ3n) is 3.98. The number of anilines is 1. The van der Waals surface area contributed by atoms with Crippen molar-refractivity contribution in [3.8, 4) is 0 Å². The van der Waals surface area contributed by atoms with Crippen molar-refractivity contribution < 1.29 is 4.79 Å². The molecule has 1 aliphatic heterocycles. The van der Waals surface area contributed by atoms with E-state index in [4.69, 9.17) is 0 Å². The van der Waals surface area contributed by atoms with E-state index in [1.54, 1.807) is 6.20 Å². The summed E-state index contributed by atoms with van der Waals surface area (Å²) < 4.78 is 1.93. The molecule has 8 heteroatoms. The lowest BCUT2D eigenvalue weighted by Gasteiger charge is -2.23. The average molecular weight is 334 g/mol.